The van der Waals surface area contributed by atoms with Gasteiger partial charge in [-0.15, -0.1) is 11.3 Å². The van der Waals surface area contributed by atoms with E-state index in [0.29, 0.717) is 5.92 Å². The molecule has 1 aliphatic rings. The first-order valence-corrected chi connectivity index (χ1v) is 16.5. The van der Waals surface area contributed by atoms with E-state index in [9.17, 15) is 0 Å². The molecule has 5 heteroatoms. The van der Waals surface area contributed by atoms with Crippen LogP contribution in [0.2, 0.25) is 0 Å². The standard InChI is InChI=1S/C41H30N4S/c1-2-9-39-32(7-1)26-40(46-39)31-15-21-36(22-16-31)45(34-17-11-29(12-18-34)33-25-37-8-3-5-23-43(37)27-33)35-19-13-30(14-20-35)38-28-44-24-6-4-10-41(44)42-38/h1-11,13-29H,12H2. The highest BCUT2D eigenvalue weighted by Crippen LogP contribution is 2.39. The molecule has 0 saturated heterocycles. The Balaban J connectivity index is 1.06. The van der Waals surface area contributed by atoms with Crippen molar-refractivity contribution >= 4 is 44.0 Å². The minimum atomic E-state index is 0.346. The smallest absolute Gasteiger partial charge is 0.137 e. The SMILES string of the molecule is C1=CC(c2cc3ccccn3c2)CC=C1N(c1ccc(-c2cn3ccccc3n2)cc1)c1ccc(-c2cc3ccccc3s2)cc1. The zero-order chi connectivity index (χ0) is 30.5. The van der Waals surface area contributed by atoms with Crippen LogP contribution < -0.4 is 4.90 Å². The second-order valence-electron chi connectivity index (χ2n) is 11.8. The largest absolute Gasteiger partial charge is 0.324 e. The molecule has 220 valence electrons. The molecule has 3 aromatic carbocycles. The van der Waals surface area contributed by atoms with E-state index in [-0.39, 0.29) is 0 Å². The Labute approximate surface area is 271 Å². The lowest BCUT2D eigenvalue weighted by Gasteiger charge is -2.29. The highest BCUT2D eigenvalue weighted by molar-refractivity contribution is 7.22. The van der Waals surface area contributed by atoms with Crippen LogP contribution in [0.4, 0.5) is 11.4 Å². The van der Waals surface area contributed by atoms with Crippen molar-refractivity contribution in [3.8, 4) is 21.7 Å². The van der Waals surface area contributed by atoms with Crippen LogP contribution >= 0.6 is 11.3 Å². The third-order valence-electron chi connectivity index (χ3n) is 8.91. The van der Waals surface area contributed by atoms with Gasteiger partial charge in [-0.25, -0.2) is 4.98 Å². The van der Waals surface area contributed by atoms with Gasteiger partial charge in [-0.3, -0.25) is 0 Å². The summed E-state index contributed by atoms with van der Waals surface area (Å²) in [7, 11) is 0. The third kappa shape index (κ3) is 4.82. The van der Waals surface area contributed by atoms with Crippen LogP contribution in [0.15, 0.2) is 170 Å². The molecule has 0 spiro atoms. The van der Waals surface area contributed by atoms with E-state index in [2.05, 4.69) is 154 Å². The first kappa shape index (κ1) is 26.7. The van der Waals surface area contributed by atoms with Gasteiger partial charge >= 0.3 is 0 Å². The molecular weight excluding hydrogens is 581 g/mol. The van der Waals surface area contributed by atoms with Crippen LogP contribution in [-0.2, 0) is 0 Å². The van der Waals surface area contributed by atoms with Crippen molar-refractivity contribution in [1.82, 2.24) is 13.8 Å². The van der Waals surface area contributed by atoms with E-state index in [0.717, 1.165) is 34.7 Å². The van der Waals surface area contributed by atoms with E-state index in [1.807, 2.05) is 35.7 Å². The number of aromatic nitrogens is 3. The van der Waals surface area contributed by atoms with Crippen LogP contribution in [0.25, 0.3) is 42.9 Å². The normalized spacial score (nSPS) is 14.7. The van der Waals surface area contributed by atoms with Crippen molar-refractivity contribution in [3.05, 3.63) is 176 Å². The molecule has 8 aromatic rings. The molecule has 0 fully saturated rings. The molecule has 5 aromatic heterocycles. The number of imidazole rings is 1. The van der Waals surface area contributed by atoms with E-state index in [4.69, 9.17) is 4.98 Å². The molecule has 1 aliphatic carbocycles. The number of thiophene rings is 1. The molecule has 0 N–H and O–H groups in total. The molecular formula is C41H30N4S. The third-order valence-corrected chi connectivity index (χ3v) is 10.1. The van der Waals surface area contributed by atoms with Crippen molar-refractivity contribution in [1.29, 1.82) is 0 Å². The summed E-state index contributed by atoms with van der Waals surface area (Å²) >= 11 is 1.84. The lowest BCUT2D eigenvalue weighted by Crippen LogP contribution is -2.17. The number of benzene rings is 3. The van der Waals surface area contributed by atoms with Gasteiger partial charge in [0.2, 0.25) is 0 Å². The van der Waals surface area contributed by atoms with E-state index < -0.39 is 0 Å². The molecule has 4 nitrogen and oxygen atoms in total. The minimum Gasteiger partial charge on any atom is -0.324 e. The molecule has 1 atom stereocenters. The predicted molar refractivity (Wildman–Crippen MR) is 192 cm³/mol. The maximum Gasteiger partial charge on any atom is 0.137 e. The molecule has 46 heavy (non-hydrogen) atoms. The molecule has 0 saturated carbocycles. The summed E-state index contributed by atoms with van der Waals surface area (Å²) in [6.07, 6.45) is 16.5. The quantitative estimate of drug-likeness (QED) is 0.187. The lowest BCUT2D eigenvalue weighted by molar-refractivity contribution is 0.839. The maximum absolute atomic E-state index is 4.84. The van der Waals surface area contributed by atoms with Crippen LogP contribution in [0.3, 0.4) is 0 Å². The first-order valence-electron chi connectivity index (χ1n) is 15.6. The topological polar surface area (TPSA) is 25.0 Å². The van der Waals surface area contributed by atoms with E-state index in [1.54, 1.807) is 0 Å². The maximum atomic E-state index is 4.84. The highest BCUT2D eigenvalue weighted by atomic mass is 32.1. The zero-order valence-corrected chi connectivity index (χ0v) is 25.9. The van der Waals surface area contributed by atoms with Crippen LogP contribution in [0.5, 0.6) is 0 Å². The van der Waals surface area contributed by atoms with Crippen LogP contribution in [0.1, 0.15) is 17.9 Å². The molecule has 0 aliphatic heterocycles. The van der Waals surface area contributed by atoms with Crippen molar-refractivity contribution in [2.45, 2.75) is 12.3 Å². The minimum absolute atomic E-state index is 0.346. The highest BCUT2D eigenvalue weighted by Gasteiger charge is 2.20. The number of hydrogen-bond donors (Lipinski definition) is 0. The molecule has 0 bridgehead atoms. The lowest BCUT2D eigenvalue weighted by atomic mass is 9.93. The number of allylic oxidation sites excluding steroid dienone is 3. The van der Waals surface area contributed by atoms with E-state index >= 15 is 0 Å². The number of rotatable bonds is 6. The van der Waals surface area contributed by atoms with Crippen molar-refractivity contribution < 1.29 is 0 Å². The zero-order valence-electron chi connectivity index (χ0n) is 25.1. The summed E-state index contributed by atoms with van der Waals surface area (Å²) < 4.78 is 5.59. The van der Waals surface area contributed by atoms with Gasteiger partial charge in [0.1, 0.15) is 5.65 Å². The fourth-order valence-corrected chi connectivity index (χ4v) is 7.57. The summed E-state index contributed by atoms with van der Waals surface area (Å²) in [5, 5.41) is 1.29. The number of fused-ring (bicyclic) bond motifs is 3. The van der Waals surface area contributed by atoms with Crippen LogP contribution in [-0.4, -0.2) is 13.8 Å². The number of nitrogens with zero attached hydrogens (tertiary/aromatic N) is 4. The van der Waals surface area contributed by atoms with Gasteiger partial charge in [-0.2, -0.15) is 0 Å². The van der Waals surface area contributed by atoms with Gasteiger partial charge in [0.05, 0.1) is 5.69 Å². The second-order valence-corrected chi connectivity index (χ2v) is 12.9. The number of hydrogen-bond acceptors (Lipinski definition) is 3. The summed E-state index contributed by atoms with van der Waals surface area (Å²) in [6, 6.07) is 43.4. The summed E-state index contributed by atoms with van der Waals surface area (Å²) in [4.78, 5) is 8.49. The number of anilines is 2. The Morgan fingerprint density at radius 3 is 2.17 bits per heavy atom. The average molecular weight is 611 g/mol. The second kappa shape index (κ2) is 11.1. The Bertz CT molecular complexity index is 2190. The predicted octanol–water partition coefficient (Wildman–Crippen LogP) is 10.9. The van der Waals surface area contributed by atoms with Crippen LogP contribution in [0, 0.1) is 0 Å². The Morgan fingerprint density at radius 1 is 0.696 bits per heavy atom. The molecule has 5 heterocycles. The summed E-state index contributed by atoms with van der Waals surface area (Å²) in [5.74, 6) is 0.346. The number of pyridine rings is 2. The van der Waals surface area contributed by atoms with Gasteiger partial charge < -0.3 is 13.7 Å². The molecule has 1 unspecified atom stereocenters. The fourth-order valence-electron chi connectivity index (χ4n) is 6.50. The fraction of sp³-hybridized carbons (Fsp3) is 0.0488. The average Bonchev–Trinajstić information content (AvgIpc) is 3.86. The van der Waals surface area contributed by atoms with Gasteiger partial charge in [0.25, 0.3) is 0 Å². The Morgan fingerprint density at radius 2 is 1.43 bits per heavy atom. The van der Waals surface area contributed by atoms with Gasteiger partial charge in [-0.05, 0) is 95.7 Å². The van der Waals surface area contributed by atoms with Crippen molar-refractivity contribution in [2.75, 3.05) is 4.90 Å². The summed E-state index contributed by atoms with van der Waals surface area (Å²) in [6.45, 7) is 0. The molecule has 9 rings (SSSR count). The van der Waals surface area contributed by atoms with Gasteiger partial charge in [0, 0.05) is 68.4 Å². The van der Waals surface area contributed by atoms with Gasteiger partial charge in [-0.1, -0.05) is 66.7 Å². The van der Waals surface area contributed by atoms with E-state index in [1.165, 1.54) is 37.3 Å². The van der Waals surface area contributed by atoms with Crippen molar-refractivity contribution in [3.63, 3.8) is 0 Å². The molecule has 0 radical (unpaired) electrons. The monoisotopic (exact) mass is 610 g/mol. The first-order chi connectivity index (χ1) is 22.7. The Kier molecular flexibility index (Phi) is 6.42. The van der Waals surface area contributed by atoms with Crippen molar-refractivity contribution in [2.24, 2.45) is 0 Å². The Hall–Kier alpha value is -5.65. The molecule has 0 amide bonds. The van der Waals surface area contributed by atoms with Gasteiger partial charge in [0.15, 0.2) is 0 Å². The summed E-state index contributed by atoms with van der Waals surface area (Å²) in [5.41, 5.74) is 10.3.